The Morgan fingerprint density at radius 2 is 1.86 bits per heavy atom. The summed E-state index contributed by atoms with van der Waals surface area (Å²) in [6.45, 7) is 3.27. The molecule has 29 heavy (non-hydrogen) atoms. The molecule has 7 heteroatoms. The molecular formula is C22H25N3O3S. The van der Waals surface area contributed by atoms with Crippen molar-refractivity contribution >= 4 is 34.7 Å². The second-order valence-corrected chi connectivity index (χ2v) is 8.72. The summed E-state index contributed by atoms with van der Waals surface area (Å²) in [6.07, 6.45) is 2.40. The zero-order valence-electron chi connectivity index (χ0n) is 16.4. The Morgan fingerprint density at radius 1 is 1.10 bits per heavy atom. The summed E-state index contributed by atoms with van der Waals surface area (Å²) in [5.74, 6) is 0.483. The number of hydrogen-bond acceptors (Lipinski definition) is 4. The van der Waals surface area contributed by atoms with Gasteiger partial charge in [0.05, 0.1) is 0 Å². The molecule has 2 N–H and O–H groups in total. The van der Waals surface area contributed by atoms with Gasteiger partial charge in [0.2, 0.25) is 5.91 Å². The van der Waals surface area contributed by atoms with E-state index < -0.39 is 0 Å². The number of nitrogens with one attached hydrogen (secondary N) is 2. The van der Waals surface area contributed by atoms with E-state index in [1.54, 1.807) is 18.2 Å². The highest BCUT2D eigenvalue weighted by Crippen LogP contribution is 2.38. The molecule has 152 valence electrons. The number of carbonyl (C=O) groups excluding carboxylic acids is 3. The lowest BCUT2D eigenvalue weighted by molar-refractivity contribution is -0.117. The van der Waals surface area contributed by atoms with E-state index in [0.717, 1.165) is 19.3 Å². The van der Waals surface area contributed by atoms with Crippen molar-refractivity contribution in [3.05, 3.63) is 52.2 Å². The number of thiophene rings is 1. The molecule has 1 saturated heterocycles. The van der Waals surface area contributed by atoms with E-state index in [4.69, 9.17) is 0 Å². The fourth-order valence-corrected chi connectivity index (χ4v) is 4.36. The lowest BCUT2D eigenvalue weighted by atomic mass is 10.0. The molecule has 2 atom stereocenters. The van der Waals surface area contributed by atoms with Crippen LogP contribution in [0.1, 0.15) is 46.9 Å². The zero-order valence-corrected chi connectivity index (χ0v) is 17.2. The van der Waals surface area contributed by atoms with E-state index in [9.17, 15) is 14.4 Å². The third-order valence-corrected chi connectivity index (χ3v) is 6.41. The number of anilines is 1. The summed E-state index contributed by atoms with van der Waals surface area (Å²) in [4.78, 5) is 39.0. The molecule has 1 saturated carbocycles. The first-order valence-corrected chi connectivity index (χ1v) is 11.0. The number of carbonyl (C=O) groups is 3. The minimum absolute atomic E-state index is 0.0317. The molecule has 1 aromatic heterocycles. The minimum atomic E-state index is -0.0514. The smallest absolute Gasteiger partial charge is 0.253 e. The zero-order chi connectivity index (χ0) is 20.4. The van der Waals surface area contributed by atoms with Crippen molar-refractivity contribution in [1.82, 2.24) is 10.2 Å². The molecule has 4 rings (SSSR count). The van der Waals surface area contributed by atoms with E-state index in [-0.39, 0.29) is 29.7 Å². The van der Waals surface area contributed by atoms with Gasteiger partial charge in [-0.25, -0.2) is 0 Å². The Kier molecular flexibility index (Phi) is 5.67. The number of nitrogens with zero attached hydrogens (tertiary/aromatic N) is 1. The molecule has 0 spiro atoms. The van der Waals surface area contributed by atoms with Crippen molar-refractivity contribution in [2.45, 2.75) is 32.2 Å². The van der Waals surface area contributed by atoms with Crippen LogP contribution in [0.25, 0.3) is 0 Å². The molecule has 2 aliphatic rings. The average Bonchev–Trinajstić information content (AvgIpc) is 3.22. The van der Waals surface area contributed by atoms with E-state index in [1.807, 2.05) is 27.8 Å². The third-order valence-electron chi connectivity index (χ3n) is 5.72. The highest BCUT2D eigenvalue weighted by atomic mass is 32.1. The Bertz CT molecular complexity index is 904. The van der Waals surface area contributed by atoms with Crippen molar-refractivity contribution in [1.29, 1.82) is 0 Å². The molecule has 0 bridgehead atoms. The Morgan fingerprint density at radius 3 is 2.52 bits per heavy atom. The van der Waals surface area contributed by atoms with Crippen molar-refractivity contribution in [3.63, 3.8) is 0 Å². The Labute approximate surface area is 174 Å². The quantitative estimate of drug-likeness (QED) is 0.792. The standard InChI is InChI=1S/C22H25N3O3S/c1-14-11-19(14)21(27)24-18-4-2-3-15(12-18)22(28)25-8-5-17(6-9-25)23-20(26)16-7-10-29-13-16/h2-4,7,10,12-14,17,19H,5-6,8-9,11H2,1H3,(H,23,26)(H,24,27). The van der Waals surface area contributed by atoms with Crippen molar-refractivity contribution < 1.29 is 14.4 Å². The molecule has 2 aromatic rings. The highest BCUT2D eigenvalue weighted by molar-refractivity contribution is 7.08. The number of rotatable bonds is 5. The van der Waals surface area contributed by atoms with E-state index in [0.29, 0.717) is 35.8 Å². The fourth-order valence-electron chi connectivity index (χ4n) is 3.72. The minimum Gasteiger partial charge on any atom is -0.349 e. The van der Waals surface area contributed by atoms with Crippen LogP contribution in [-0.4, -0.2) is 41.8 Å². The molecule has 2 heterocycles. The number of benzene rings is 1. The molecule has 1 aromatic carbocycles. The van der Waals surface area contributed by atoms with Crippen LogP contribution >= 0.6 is 11.3 Å². The average molecular weight is 412 g/mol. The van der Waals surface area contributed by atoms with Gasteiger partial charge in [-0.3, -0.25) is 14.4 Å². The van der Waals surface area contributed by atoms with Gasteiger partial charge in [0, 0.05) is 47.2 Å². The lowest BCUT2D eigenvalue weighted by Crippen LogP contribution is -2.46. The molecular weight excluding hydrogens is 386 g/mol. The van der Waals surface area contributed by atoms with Crippen LogP contribution in [0.5, 0.6) is 0 Å². The van der Waals surface area contributed by atoms with E-state index >= 15 is 0 Å². The van der Waals surface area contributed by atoms with Gasteiger partial charge in [0.15, 0.2) is 0 Å². The molecule has 1 aliphatic carbocycles. The summed E-state index contributed by atoms with van der Waals surface area (Å²) < 4.78 is 0. The SMILES string of the molecule is CC1CC1C(=O)Nc1cccc(C(=O)N2CCC(NC(=O)c3ccsc3)CC2)c1. The number of piperidine rings is 1. The molecule has 2 unspecified atom stereocenters. The van der Waals surface area contributed by atoms with Gasteiger partial charge in [0.1, 0.15) is 0 Å². The van der Waals surface area contributed by atoms with Gasteiger partial charge in [-0.15, -0.1) is 0 Å². The highest BCUT2D eigenvalue weighted by Gasteiger charge is 2.39. The van der Waals surface area contributed by atoms with Gasteiger partial charge in [-0.2, -0.15) is 11.3 Å². The van der Waals surface area contributed by atoms with Gasteiger partial charge >= 0.3 is 0 Å². The van der Waals surface area contributed by atoms with E-state index in [1.165, 1.54) is 11.3 Å². The van der Waals surface area contributed by atoms with Crippen LogP contribution in [-0.2, 0) is 4.79 Å². The topological polar surface area (TPSA) is 78.5 Å². The van der Waals surface area contributed by atoms with Crippen molar-refractivity contribution in [2.75, 3.05) is 18.4 Å². The van der Waals surface area contributed by atoms with E-state index in [2.05, 4.69) is 17.6 Å². The number of amides is 3. The summed E-state index contributed by atoms with van der Waals surface area (Å²) in [6, 6.07) is 9.03. The first-order valence-electron chi connectivity index (χ1n) is 10.0. The molecule has 3 amide bonds. The van der Waals surface area contributed by atoms with Crippen LogP contribution in [0.2, 0.25) is 0 Å². The predicted molar refractivity (Wildman–Crippen MR) is 113 cm³/mol. The summed E-state index contributed by atoms with van der Waals surface area (Å²) in [7, 11) is 0. The number of likely N-dealkylation sites (tertiary alicyclic amines) is 1. The Hall–Kier alpha value is -2.67. The second kappa shape index (κ2) is 8.37. The van der Waals surface area contributed by atoms with Crippen LogP contribution < -0.4 is 10.6 Å². The van der Waals surface area contributed by atoms with Crippen LogP contribution in [0.15, 0.2) is 41.1 Å². The molecule has 2 fully saturated rings. The van der Waals surface area contributed by atoms with Crippen molar-refractivity contribution in [3.8, 4) is 0 Å². The van der Waals surface area contributed by atoms with Gasteiger partial charge in [-0.05, 0) is 54.8 Å². The largest absolute Gasteiger partial charge is 0.349 e. The van der Waals surface area contributed by atoms with Gasteiger partial charge in [-0.1, -0.05) is 13.0 Å². The molecule has 6 nitrogen and oxygen atoms in total. The summed E-state index contributed by atoms with van der Waals surface area (Å²) in [5, 5.41) is 9.70. The predicted octanol–water partition coefficient (Wildman–Crippen LogP) is 3.38. The van der Waals surface area contributed by atoms with Gasteiger partial charge in [0.25, 0.3) is 11.8 Å². The lowest BCUT2D eigenvalue weighted by Gasteiger charge is -2.32. The summed E-state index contributed by atoms with van der Waals surface area (Å²) >= 11 is 1.50. The maximum absolute atomic E-state index is 12.9. The summed E-state index contributed by atoms with van der Waals surface area (Å²) in [5.41, 5.74) is 1.93. The van der Waals surface area contributed by atoms with Gasteiger partial charge < -0.3 is 15.5 Å². The van der Waals surface area contributed by atoms with Crippen LogP contribution in [0.4, 0.5) is 5.69 Å². The molecule has 0 radical (unpaired) electrons. The third kappa shape index (κ3) is 4.67. The first kappa shape index (κ1) is 19.6. The Balaban J connectivity index is 1.30. The monoisotopic (exact) mass is 411 g/mol. The maximum Gasteiger partial charge on any atom is 0.253 e. The normalized spacial score (nSPS) is 21.5. The second-order valence-electron chi connectivity index (χ2n) is 7.94. The number of hydrogen-bond donors (Lipinski definition) is 2. The first-order chi connectivity index (χ1) is 14.0. The van der Waals surface area contributed by atoms with Crippen LogP contribution in [0, 0.1) is 11.8 Å². The fraction of sp³-hybridized carbons (Fsp3) is 0.409. The van der Waals surface area contributed by atoms with Crippen molar-refractivity contribution in [2.24, 2.45) is 11.8 Å². The molecule has 1 aliphatic heterocycles. The maximum atomic E-state index is 12.9. The van der Waals surface area contributed by atoms with Crippen LogP contribution in [0.3, 0.4) is 0 Å².